The molecular formula is C13H11BrF2N2. The Labute approximate surface area is 112 Å². The lowest BCUT2D eigenvalue weighted by molar-refractivity contribution is 0.565. The van der Waals surface area contributed by atoms with Crippen molar-refractivity contribution in [3.05, 3.63) is 69.7 Å². The van der Waals surface area contributed by atoms with E-state index in [0.717, 1.165) is 16.1 Å². The van der Waals surface area contributed by atoms with Gasteiger partial charge in [0.1, 0.15) is 11.6 Å². The molecule has 0 saturated carbocycles. The molecule has 5 heteroatoms. The predicted molar refractivity (Wildman–Crippen MR) is 69.7 cm³/mol. The van der Waals surface area contributed by atoms with Gasteiger partial charge in [0.2, 0.25) is 0 Å². The highest BCUT2D eigenvalue weighted by Crippen LogP contribution is 2.28. The van der Waals surface area contributed by atoms with Crippen molar-refractivity contribution in [1.29, 1.82) is 0 Å². The Kier molecular flexibility index (Phi) is 4.06. The van der Waals surface area contributed by atoms with Crippen molar-refractivity contribution in [1.82, 2.24) is 5.43 Å². The van der Waals surface area contributed by atoms with Crippen LogP contribution in [0.1, 0.15) is 17.2 Å². The highest BCUT2D eigenvalue weighted by molar-refractivity contribution is 9.10. The molecule has 0 radical (unpaired) electrons. The average Bonchev–Trinajstić information content (AvgIpc) is 2.31. The first-order chi connectivity index (χ1) is 8.61. The zero-order chi connectivity index (χ0) is 13.1. The molecule has 0 aromatic heterocycles. The molecule has 94 valence electrons. The summed E-state index contributed by atoms with van der Waals surface area (Å²) >= 11 is 3.39. The molecule has 0 aliphatic carbocycles. The maximum atomic E-state index is 13.2. The number of benzene rings is 2. The van der Waals surface area contributed by atoms with E-state index in [0.29, 0.717) is 5.56 Å². The van der Waals surface area contributed by atoms with Crippen LogP contribution < -0.4 is 11.3 Å². The molecule has 0 fully saturated rings. The van der Waals surface area contributed by atoms with Gasteiger partial charge < -0.3 is 0 Å². The molecule has 2 aromatic rings. The van der Waals surface area contributed by atoms with E-state index >= 15 is 0 Å². The van der Waals surface area contributed by atoms with Gasteiger partial charge in [0, 0.05) is 10.5 Å². The summed E-state index contributed by atoms with van der Waals surface area (Å²) in [4.78, 5) is 0. The molecule has 0 bridgehead atoms. The van der Waals surface area contributed by atoms with Crippen LogP contribution in [0.15, 0.2) is 46.9 Å². The lowest BCUT2D eigenvalue weighted by Gasteiger charge is -2.18. The van der Waals surface area contributed by atoms with E-state index in [1.54, 1.807) is 0 Å². The average molecular weight is 313 g/mol. The molecule has 2 nitrogen and oxygen atoms in total. The first kappa shape index (κ1) is 13.1. The van der Waals surface area contributed by atoms with Crippen molar-refractivity contribution < 1.29 is 8.78 Å². The lowest BCUT2D eigenvalue weighted by atomic mass is 9.99. The minimum absolute atomic E-state index is 0.432. The summed E-state index contributed by atoms with van der Waals surface area (Å²) in [7, 11) is 0. The number of hydrogen-bond donors (Lipinski definition) is 2. The number of rotatable bonds is 3. The van der Waals surface area contributed by atoms with Crippen LogP contribution in [-0.4, -0.2) is 0 Å². The van der Waals surface area contributed by atoms with E-state index in [-0.39, 0.29) is 0 Å². The molecule has 0 amide bonds. The van der Waals surface area contributed by atoms with Crippen LogP contribution in [0.2, 0.25) is 0 Å². The molecule has 0 aliphatic rings. The monoisotopic (exact) mass is 312 g/mol. The van der Waals surface area contributed by atoms with Crippen LogP contribution in [-0.2, 0) is 0 Å². The standard InChI is InChI=1S/C13H11BrF2N2/c14-12-4-2-1-3-11(12)13(18-17)8-5-9(15)7-10(16)6-8/h1-7,13,18H,17H2. The van der Waals surface area contributed by atoms with Crippen molar-refractivity contribution in [2.75, 3.05) is 0 Å². The first-order valence-corrected chi connectivity index (χ1v) is 6.07. The fourth-order valence-electron chi connectivity index (χ4n) is 1.82. The SMILES string of the molecule is NNC(c1cc(F)cc(F)c1)c1ccccc1Br. The first-order valence-electron chi connectivity index (χ1n) is 5.28. The summed E-state index contributed by atoms with van der Waals surface area (Å²) < 4.78 is 27.3. The molecule has 2 rings (SSSR count). The summed E-state index contributed by atoms with van der Waals surface area (Å²) in [5, 5.41) is 0. The molecule has 0 aliphatic heterocycles. The van der Waals surface area contributed by atoms with Crippen molar-refractivity contribution >= 4 is 15.9 Å². The number of halogens is 3. The Hall–Kier alpha value is -1.30. The van der Waals surface area contributed by atoms with E-state index < -0.39 is 17.7 Å². The summed E-state index contributed by atoms with van der Waals surface area (Å²) in [6.07, 6.45) is 0. The second-order valence-electron chi connectivity index (χ2n) is 3.82. The van der Waals surface area contributed by atoms with Gasteiger partial charge in [-0.05, 0) is 29.3 Å². The van der Waals surface area contributed by atoms with Crippen LogP contribution in [0.3, 0.4) is 0 Å². The Balaban J connectivity index is 2.48. The largest absolute Gasteiger partial charge is 0.271 e. The third-order valence-electron chi connectivity index (χ3n) is 2.60. The molecule has 1 unspecified atom stereocenters. The van der Waals surface area contributed by atoms with E-state index in [1.165, 1.54) is 12.1 Å². The number of hydrazine groups is 1. The van der Waals surface area contributed by atoms with Gasteiger partial charge in [0.25, 0.3) is 0 Å². The summed E-state index contributed by atoms with van der Waals surface area (Å²) in [5.41, 5.74) is 3.81. The highest BCUT2D eigenvalue weighted by atomic mass is 79.9. The van der Waals surface area contributed by atoms with Gasteiger partial charge in [0.15, 0.2) is 0 Å². The highest BCUT2D eigenvalue weighted by Gasteiger charge is 2.16. The molecule has 2 aromatic carbocycles. The van der Waals surface area contributed by atoms with E-state index in [9.17, 15) is 8.78 Å². The quantitative estimate of drug-likeness (QED) is 0.674. The summed E-state index contributed by atoms with van der Waals surface area (Å²) in [6.45, 7) is 0. The van der Waals surface area contributed by atoms with Gasteiger partial charge >= 0.3 is 0 Å². The van der Waals surface area contributed by atoms with Gasteiger partial charge in [-0.3, -0.25) is 5.84 Å². The Morgan fingerprint density at radius 1 is 1.06 bits per heavy atom. The minimum atomic E-state index is -0.627. The minimum Gasteiger partial charge on any atom is -0.271 e. The second-order valence-corrected chi connectivity index (χ2v) is 4.68. The van der Waals surface area contributed by atoms with Crippen molar-refractivity contribution in [2.45, 2.75) is 6.04 Å². The number of hydrogen-bond acceptors (Lipinski definition) is 2. The van der Waals surface area contributed by atoms with E-state index in [4.69, 9.17) is 5.84 Å². The smallest absolute Gasteiger partial charge is 0.126 e. The summed E-state index contributed by atoms with van der Waals surface area (Å²) in [6, 6.07) is 10.2. The van der Waals surface area contributed by atoms with Crippen LogP contribution in [0.25, 0.3) is 0 Å². The zero-order valence-corrected chi connectivity index (χ0v) is 10.9. The second kappa shape index (κ2) is 5.56. The number of nitrogens with two attached hydrogens (primary N) is 1. The Morgan fingerprint density at radius 3 is 2.22 bits per heavy atom. The fourth-order valence-corrected chi connectivity index (χ4v) is 2.33. The third-order valence-corrected chi connectivity index (χ3v) is 3.32. The Morgan fingerprint density at radius 2 is 1.67 bits per heavy atom. The molecular weight excluding hydrogens is 302 g/mol. The van der Waals surface area contributed by atoms with Gasteiger partial charge in [-0.15, -0.1) is 0 Å². The van der Waals surface area contributed by atoms with Crippen LogP contribution in [0.5, 0.6) is 0 Å². The zero-order valence-electron chi connectivity index (χ0n) is 9.33. The lowest BCUT2D eigenvalue weighted by Crippen LogP contribution is -2.29. The third kappa shape index (κ3) is 2.75. The maximum Gasteiger partial charge on any atom is 0.126 e. The van der Waals surface area contributed by atoms with Crippen molar-refractivity contribution in [2.24, 2.45) is 5.84 Å². The van der Waals surface area contributed by atoms with Crippen molar-refractivity contribution in [3.8, 4) is 0 Å². The molecule has 0 saturated heterocycles. The van der Waals surface area contributed by atoms with E-state index in [1.807, 2.05) is 24.3 Å². The van der Waals surface area contributed by atoms with Gasteiger partial charge in [-0.1, -0.05) is 34.1 Å². The van der Waals surface area contributed by atoms with Crippen LogP contribution >= 0.6 is 15.9 Å². The van der Waals surface area contributed by atoms with Gasteiger partial charge in [-0.2, -0.15) is 0 Å². The Bertz CT molecular complexity index is 540. The molecule has 3 N–H and O–H groups in total. The van der Waals surface area contributed by atoms with Gasteiger partial charge in [-0.25, -0.2) is 14.2 Å². The van der Waals surface area contributed by atoms with E-state index in [2.05, 4.69) is 21.4 Å². The molecule has 18 heavy (non-hydrogen) atoms. The van der Waals surface area contributed by atoms with Crippen molar-refractivity contribution in [3.63, 3.8) is 0 Å². The number of nitrogens with one attached hydrogen (secondary N) is 1. The normalized spacial score (nSPS) is 12.4. The molecule has 0 heterocycles. The topological polar surface area (TPSA) is 38.0 Å². The van der Waals surface area contributed by atoms with Crippen LogP contribution in [0.4, 0.5) is 8.78 Å². The maximum absolute atomic E-state index is 13.2. The fraction of sp³-hybridized carbons (Fsp3) is 0.0769. The molecule has 0 spiro atoms. The predicted octanol–water partition coefficient (Wildman–Crippen LogP) is 3.28. The molecule has 1 atom stereocenters. The van der Waals surface area contributed by atoms with Crippen LogP contribution in [0, 0.1) is 11.6 Å². The summed E-state index contributed by atoms with van der Waals surface area (Å²) in [5.74, 6) is 4.24. The van der Waals surface area contributed by atoms with Gasteiger partial charge in [0.05, 0.1) is 6.04 Å².